The molecular weight excluding hydrogens is 380 g/mol. The number of carbonyl (C=O) groups excluding carboxylic acids is 1. The maximum atomic E-state index is 12.5. The second-order valence-corrected chi connectivity index (χ2v) is 10.1. The smallest absolute Gasteiger partial charge is 0.248 e. The molecule has 2 atom stereocenters. The lowest BCUT2D eigenvalue weighted by Gasteiger charge is -2.24. The molecular formula is C20H20N2O3S2. The standard InChI is InChI=1S/C20H20N2O3S2/c23-19(12-11-15-7-3-1-4-8-15)21-20-22(16-9-5-2-6-10-16)17-13-27(24,25)14-18(17)26-20/h1-10,17-18H,11-14H2/t17-,18+/m1/s1. The van der Waals surface area contributed by atoms with Gasteiger partial charge in [0.1, 0.15) is 0 Å². The Morgan fingerprint density at radius 2 is 1.70 bits per heavy atom. The third kappa shape index (κ3) is 4.09. The number of aliphatic imine (C=N–C) groups is 1. The van der Waals surface area contributed by atoms with Gasteiger partial charge < -0.3 is 4.90 Å². The summed E-state index contributed by atoms with van der Waals surface area (Å²) in [6, 6.07) is 19.3. The van der Waals surface area contributed by atoms with Gasteiger partial charge in [0.25, 0.3) is 0 Å². The van der Waals surface area contributed by atoms with E-state index in [9.17, 15) is 13.2 Å². The van der Waals surface area contributed by atoms with Crippen molar-refractivity contribution in [2.45, 2.75) is 24.1 Å². The van der Waals surface area contributed by atoms with E-state index in [1.165, 1.54) is 11.8 Å². The minimum atomic E-state index is -3.05. The number of benzene rings is 2. The first-order valence-corrected chi connectivity index (χ1v) is 11.6. The minimum Gasteiger partial charge on any atom is -0.316 e. The Bertz CT molecular complexity index is 959. The van der Waals surface area contributed by atoms with Crippen molar-refractivity contribution in [3.05, 3.63) is 66.2 Å². The second-order valence-electron chi connectivity index (χ2n) is 6.78. The van der Waals surface area contributed by atoms with Crippen LogP contribution in [0, 0.1) is 0 Å². The van der Waals surface area contributed by atoms with Gasteiger partial charge in [-0.2, -0.15) is 4.99 Å². The first-order chi connectivity index (χ1) is 13.0. The Kier molecular flexibility index (Phi) is 5.06. The third-order valence-corrected chi connectivity index (χ3v) is 8.00. The van der Waals surface area contributed by atoms with Crippen LogP contribution in [0.15, 0.2) is 65.7 Å². The zero-order valence-corrected chi connectivity index (χ0v) is 16.3. The number of amides is 1. The van der Waals surface area contributed by atoms with Crippen LogP contribution in [0.3, 0.4) is 0 Å². The van der Waals surface area contributed by atoms with Crippen molar-refractivity contribution < 1.29 is 13.2 Å². The SMILES string of the molecule is O=C(CCc1ccccc1)N=C1S[C@H]2CS(=O)(=O)C[C@H]2N1c1ccccc1. The van der Waals surface area contributed by atoms with Gasteiger partial charge in [0, 0.05) is 17.4 Å². The molecule has 0 aliphatic carbocycles. The van der Waals surface area contributed by atoms with Crippen LogP contribution >= 0.6 is 11.8 Å². The van der Waals surface area contributed by atoms with Crippen LogP contribution in [0.4, 0.5) is 5.69 Å². The third-order valence-electron chi connectivity index (χ3n) is 4.79. The fourth-order valence-corrected chi connectivity index (χ4v) is 7.44. The lowest BCUT2D eigenvalue weighted by atomic mass is 10.1. The summed E-state index contributed by atoms with van der Waals surface area (Å²) in [5.74, 6) is 0.0739. The largest absolute Gasteiger partial charge is 0.316 e. The van der Waals surface area contributed by atoms with Gasteiger partial charge in [-0.3, -0.25) is 4.79 Å². The molecule has 0 saturated carbocycles. The van der Waals surface area contributed by atoms with Crippen molar-refractivity contribution in [3.8, 4) is 0 Å². The molecule has 2 fully saturated rings. The molecule has 0 N–H and O–H groups in total. The average Bonchev–Trinajstić information content (AvgIpc) is 3.12. The van der Waals surface area contributed by atoms with Crippen molar-refractivity contribution in [1.29, 1.82) is 0 Å². The molecule has 0 spiro atoms. The number of rotatable bonds is 4. The Morgan fingerprint density at radius 1 is 1.04 bits per heavy atom. The maximum absolute atomic E-state index is 12.5. The van der Waals surface area contributed by atoms with E-state index in [-0.39, 0.29) is 28.7 Å². The van der Waals surface area contributed by atoms with Gasteiger partial charge in [-0.05, 0) is 24.1 Å². The summed E-state index contributed by atoms with van der Waals surface area (Å²) in [6.07, 6.45) is 0.984. The van der Waals surface area contributed by atoms with Gasteiger partial charge in [0.2, 0.25) is 5.91 Å². The van der Waals surface area contributed by atoms with E-state index in [1.54, 1.807) is 0 Å². The highest BCUT2D eigenvalue weighted by atomic mass is 32.2. The van der Waals surface area contributed by atoms with Crippen LogP contribution in [-0.4, -0.2) is 42.3 Å². The average molecular weight is 401 g/mol. The number of aryl methyl sites for hydroxylation is 1. The second kappa shape index (κ2) is 7.48. The number of carbonyl (C=O) groups is 1. The molecule has 0 radical (unpaired) electrons. The van der Waals surface area contributed by atoms with E-state index < -0.39 is 9.84 Å². The molecule has 7 heteroatoms. The number of para-hydroxylation sites is 1. The lowest BCUT2D eigenvalue weighted by molar-refractivity contribution is -0.117. The summed E-state index contributed by atoms with van der Waals surface area (Å²) >= 11 is 1.41. The number of hydrogen-bond acceptors (Lipinski definition) is 4. The molecule has 0 aromatic heterocycles. The fourth-order valence-electron chi connectivity index (χ4n) is 3.51. The summed E-state index contributed by atoms with van der Waals surface area (Å²) in [6.45, 7) is 0. The monoisotopic (exact) mass is 400 g/mol. The van der Waals surface area contributed by atoms with Gasteiger partial charge in [-0.1, -0.05) is 60.3 Å². The Labute approximate surface area is 163 Å². The molecule has 1 amide bonds. The quantitative estimate of drug-likeness (QED) is 0.789. The van der Waals surface area contributed by atoms with Crippen LogP contribution in [0.2, 0.25) is 0 Å². The fraction of sp³-hybridized carbons (Fsp3) is 0.300. The highest BCUT2D eigenvalue weighted by molar-refractivity contribution is 8.16. The van der Waals surface area contributed by atoms with E-state index in [0.29, 0.717) is 18.0 Å². The Balaban J connectivity index is 1.55. The summed E-state index contributed by atoms with van der Waals surface area (Å²) in [5.41, 5.74) is 1.98. The summed E-state index contributed by atoms with van der Waals surface area (Å²) in [4.78, 5) is 18.7. The van der Waals surface area contributed by atoms with Crippen molar-refractivity contribution in [2.75, 3.05) is 16.4 Å². The Hall–Kier alpha value is -2.12. The lowest BCUT2D eigenvalue weighted by Crippen LogP contribution is -2.37. The zero-order valence-electron chi connectivity index (χ0n) is 14.7. The molecule has 2 aliphatic heterocycles. The number of thioether (sulfide) groups is 1. The van der Waals surface area contributed by atoms with Crippen molar-refractivity contribution >= 4 is 38.4 Å². The maximum Gasteiger partial charge on any atom is 0.248 e. The molecule has 4 rings (SSSR count). The molecule has 2 heterocycles. The molecule has 27 heavy (non-hydrogen) atoms. The molecule has 2 aromatic rings. The topological polar surface area (TPSA) is 66.8 Å². The first kappa shape index (κ1) is 18.3. The van der Waals surface area contributed by atoms with E-state index in [1.807, 2.05) is 65.6 Å². The van der Waals surface area contributed by atoms with Gasteiger partial charge in [0.05, 0.1) is 17.5 Å². The number of hydrogen-bond donors (Lipinski definition) is 0. The van der Waals surface area contributed by atoms with Gasteiger partial charge in [-0.15, -0.1) is 0 Å². The van der Waals surface area contributed by atoms with Crippen LogP contribution in [0.5, 0.6) is 0 Å². The van der Waals surface area contributed by atoms with E-state index >= 15 is 0 Å². The number of amidine groups is 1. The van der Waals surface area contributed by atoms with Crippen LogP contribution in [-0.2, 0) is 21.1 Å². The molecule has 0 bridgehead atoms. The minimum absolute atomic E-state index is 0.0733. The number of anilines is 1. The van der Waals surface area contributed by atoms with Crippen molar-refractivity contribution in [1.82, 2.24) is 0 Å². The molecule has 2 saturated heterocycles. The summed E-state index contributed by atoms with van der Waals surface area (Å²) < 4.78 is 24.1. The number of fused-ring (bicyclic) bond motifs is 1. The van der Waals surface area contributed by atoms with Gasteiger partial charge in [-0.25, -0.2) is 8.42 Å². The molecule has 0 unspecified atom stereocenters. The molecule has 5 nitrogen and oxygen atoms in total. The van der Waals surface area contributed by atoms with Crippen LogP contribution in [0.1, 0.15) is 12.0 Å². The molecule has 2 aromatic carbocycles. The van der Waals surface area contributed by atoms with Gasteiger partial charge >= 0.3 is 0 Å². The van der Waals surface area contributed by atoms with Crippen LogP contribution in [0.25, 0.3) is 0 Å². The van der Waals surface area contributed by atoms with E-state index in [2.05, 4.69) is 4.99 Å². The summed E-state index contributed by atoms with van der Waals surface area (Å²) in [7, 11) is -3.05. The van der Waals surface area contributed by atoms with Crippen LogP contribution < -0.4 is 4.90 Å². The molecule has 140 valence electrons. The summed E-state index contributed by atoms with van der Waals surface area (Å²) in [5, 5.41) is 0.542. The predicted molar refractivity (Wildman–Crippen MR) is 110 cm³/mol. The first-order valence-electron chi connectivity index (χ1n) is 8.89. The van der Waals surface area contributed by atoms with Crippen molar-refractivity contribution in [3.63, 3.8) is 0 Å². The highest BCUT2D eigenvalue weighted by Gasteiger charge is 2.49. The number of sulfone groups is 1. The highest BCUT2D eigenvalue weighted by Crippen LogP contribution is 2.40. The number of nitrogens with zero attached hydrogens (tertiary/aromatic N) is 2. The molecule has 2 aliphatic rings. The van der Waals surface area contributed by atoms with Gasteiger partial charge in [0.15, 0.2) is 15.0 Å². The van der Waals surface area contributed by atoms with E-state index in [0.717, 1.165) is 11.3 Å². The Morgan fingerprint density at radius 3 is 2.41 bits per heavy atom. The predicted octanol–water partition coefficient (Wildman–Crippen LogP) is 2.92. The zero-order chi connectivity index (χ0) is 18.9. The van der Waals surface area contributed by atoms with E-state index in [4.69, 9.17) is 0 Å². The van der Waals surface area contributed by atoms with Crippen molar-refractivity contribution in [2.24, 2.45) is 4.99 Å². The normalized spacial score (nSPS) is 24.9.